The number of aromatic nitrogens is 2. The number of halogens is 1. The van der Waals surface area contributed by atoms with Crippen molar-refractivity contribution >= 4 is 29.0 Å². The van der Waals surface area contributed by atoms with E-state index in [0.29, 0.717) is 16.6 Å². The number of nitrogens with zero attached hydrogens (tertiary/aromatic N) is 1. The molecule has 2 rings (SSSR count). The normalized spacial score (nSPS) is 10.3. The van der Waals surface area contributed by atoms with Gasteiger partial charge in [0.2, 0.25) is 5.95 Å². The number of imidazole rings is 1. The van der Waals surface area contributed by atoms with Crippen molar-refractivity contribution in [3.8, 4) is 0 Å². The summed E-state index contributed by atoms with van der Waals surface area (Å²) in [7, 11) is 1.24. The van der Waals surface area contributed by atoms with Crippen molar-refractivity contribution in [3.05, 3.63) is 23.8 Å². The first-order valence-corrected chi connectivity index (χ1v) is 5.83. The topological polar surface area (TPSA) is 96.1 Å². The highest BCUT2D eigenvalue weighted by Crippen LogP contribution is 2.16. The van der Waals surface area contributed by atoms with Crippen LogP contribution in [0.25, 0.3) is 11.0 Å². The molecule has 0 unspecified atom stereocenters. The summed E-state index contributed by atoms with van der Waals surface area (Å²) in [6, 6.07) is 4.76. The predicted molar refractivity (Wildman–Crippen MR) is 70.4 cm³/mol. The number of anilines is 1. The number of methoxy groups -OCH3 is 1. The van der Waals surface area contributed by atoms with E-state index in [1.165, 1.54) is 7.11 Å². The molecule has 20 heavy (non-hydrogen) atoms. The highest BCUT2D eigenvalue weighted by molar-refractivity contribution is 5.97. The van der Waals surface area contributed by atoms with Gasteiger partial charge in [0.1, 0.15) is 6.67 Å². The molecule has 1 aromatic heterocycles. The summed E-state index contributed by atoms with van der Waals surface area (Å²) < 4.78 is 16.4. The summed E-state index contributed by atoms with van der Waals surface area (Å²) in [5.41, 5.74) is 1.53. The fourth-order valence-electron chi connectivity index (χ4n) is 1.62. The van der Waals surface area contributed by atoms with Gasteiger partial charge in [-0.1, -0.05) is 0 Å². The standard InChI is InChI=1S/C12H13FN4O3/c1-20-12(19)17-11-15-8-3-2-7(6-9(8)16-11)10(18)14-5-4-13/h2-3,6H,4-5H2,1H3,(H,14,18)(H2,15,16,17,19). The number of carbonyl (C=O) groups is 2. The van der Waals surface area contributed by atoms with E-state index in [0.717, 1.165) is 0 Å². The van der Waals surface area contributed by atoms with Crippen LogP contribution in [0.4, 0.5) is 15.1 Å². The Balaban J connectivity index is 2.21. The van der Waals surface area contributed by atoms with E-state index in [4.69, 9.17) is 0 Å². The molecule has 2 amide bonds. The number of amides is 2. The number of fused-ring (bicyclic) bond motifs is 1. The van der Waals surface area contributed by atoms with E-state index < -0.39 is 12.8 Å². The van der Waals surface area contributed by atoms with Crippen molar-refractivity contribution in [2.45, 2.75) is 0 Å². The maximum Gasteiger partial charge on any atom is 0.413 e. The van der Waals surface area contributed by atoms with Crippen LogP contribution >= 0.6 is 0 Å². The smallest absolute Gasteiger partial charge is 0.413 e. The van der Waals surface area contributed by atoms with Crippen LogP contribution in [0, 0.1) is 0 Å². The summed E-state index contributed by atoms with van der Waals surface area (Å²) in [4.78, 5) is 29.7. The predicted octanol–water partition coefficient (Wildman–Crippen LogP) is 1.44. The monoisotopic (exact) mass is 280 g/mol. The third-order valence-electron chi connectivity index (χ3n) is 2.53. The Kier molecular flexibility index (Phi) is 4.14. The molecular weight excluding hydrogens is 267 g/mol. The van der Waals surface area contributed by atoms with Gasteiger partial charge in [0.05, 0.1) is 18.1 Å². The van der Waals surface area contributed by atoms with Crippen LogP contribution in [0.1, 0.15) is 10.4 Å². The van der Waals surface area contributed by atoms with Crippen LogP contribution in [0.15, 0.2) is 18.2 Å². The molecule has 0 aliphatic carbocycles. The molecule has 0 spiro atoms. The fraction of sp³-hybridized carbons (Fsp3) is 0.250. The number of alkyl halides is 1. The highest BCUT2D eigenvalue weighted by atomic mass is 19.1. The van der Waals surface area contributed by atoms with Crippen molar-refractivity contribution in [3.63, 3.8) is 0 Å². The Morgan fingerprint density at radius 2 is 2.25 bits per heavy atom. The van der Waals surface area contributed by atoms with Crippen LogP contribution in [0.2, 0.25) is 0 Å². The first-order valence-electron chi connectivity index (χ1n) is 5.83. The van der Waals surface area contributed by atoms with E-state index in [9.17, 15) is 14.0 Å². The zero-order chi connectivity index (χ0) is 14.5. The van der Waals surface area contributed by atoms with Crippen LogP contribution < -0.4 is 10.6 Å². The molecule has 0 radical (unpaired) electrons. The van der Waals surface area contributed by atoms with Crippen molar-refractivity contribution < 1.29 is 18.7 Å². The Morgan fingerprint density at radius 1 is 1.45 bits per heavy atom. The summed E-state index contributed by atoms with van der Waals surface area (Å²) in [6.45, 7) is -0.653. The Morgan fingerprint density at radius 3 is 2.95 bits per heavy atom. The van der Waals surface area contributed by atoms with E-state index in [2.05, 4.69) is 25.3 Å². The number of nitrogens with one attached hydrogen (secondary N) is 3. The average molecular weight is 280 g/mol. The number of ether oxygens (including phenoxy) is 1. The molecule has 0 saturated heterocycles. The van der Waals surface area contributed by atoms with Gasteiger partial charge in [-0.25, -0.2) is 14.2 Å². The number of carbonyl (C=O) groups excluding carboxylic acids is 2. The van der Waals surface area contributed by atoms with Gasteiger partial charge in [0.25, 0.3) is 5.91 Å². The molecule has 0 fully saturated rings. The van der Waals surface area contributed by atoms with E-state index in [1.54, 1.807) is 18.2 Å². The van der Waals surface area contributed by atoms with Gasteiger partial charge in [-0.15, -0.1) is 0 Å². The Labute approximate surface area is 113 Å². The second-order valence-corrected chi connectivity index (χ2v) is 3.88. The van der Waals surface area contributed by atoms with Gasteiger partial charge >= 0.3 is 6.09 Å². The molecule has 106 valence electrons. The molecule has 7 nitrogen and oxygen atoms in total. The van der Waals surface area contributed by atoms with E-state index >= 15 is 0 Å². The van der Waals surface area contributed by atoms with Gasteiger partial charge in [0.15, 0.2) is 0 Å². The third-order valence-corrected chi connectivity index (χ3v) is 2.53. The lowest BCUT2D eigenvalue weighted by Crippen LogP contribution is -2.25. The largest absolute Gasteiger partial charge is 0.453 e. The Bertz CT molecular complexity index is 641. The highest BCUT2D eigenvalue weighted by Gasteiger charge is 2.10. The minimum Gasteiger partial charge on any atom is -0.453 e. The third kappa shape index (κ3) is 3.02. The van der Waals surface area contributed by atoms with Gasteiger partial charge in [-0.05, 0) is 18.2 Å². The molecule has 0 bridgehead atoms. The van der Waals surface area contributed by atoms with Crippen LogP contribution in [0.5, 0.6) is 0 Å². The summed E-state index contributed by atoms with van der Waals surface area (Å²) in [6.07, 6.45) is -0.648. The van der Waals surface area contributed by atoms with Gasteiger partial charge in [0, 0.05) is 12.1 Å². The van der Waals surface area contributed by atoms with Crippen molar-refractivity contribution in [1.29, 1.82) is 0 Å². The summed E-state index contributed by atoms with van der Waals surface area (Å²) in [5, 5.41) is 4.81. The summed E-state index contributed by atoms with van der Waals surface area (Å²) in [5.74, 6) is -0.158. The maximum absolute atomic E-state index is 12.0. The maximum atomic E-state index is 12.0. The molecule has 1 aromatic carbocycles. The van der Waals surface area contributed by atoms with Crippen LogP contribution in [0.3, 0.4) is 0 Å². The second kappa shape index (κ2) is 6.00. The van der Waals surface area contributed by atoms with E-state index in [1.807, 2.05) is 0 Å². The lowest BCUT2D eigenvalue weighted by atomic mass is 10.2. The molecule has 3 N–H and O–H groups in total. The first kappa shape index (κ1) is 13.8. The van der Waals surface area contributed by atoms with Crippen molar-refractivity contribution in [1.82, 2.24) is 15.3 Å². The molecule has 1 heterocycles. The molecule has 0 aliphatic rings. The van der Waals surface area contributed by atoms with Gasteiger partial charge in [-0.2, -0.15) is 0 Å². The molecule has 2 aromatic rings. The Hall–Kier alpha value is -2.64. The number of benzene rings is 1. The minimum atomic E-state index is -0.648. The number of rotatable bonds is 4. The molecule has 0 aliphatic heterocycles. The summed E-state index contributed by atoms with van der Waals surface area (Å²) >= 11 is 0. The molecule has 0 saturated carbocycles. The number of hydrogen-bond donors (Lipinski definition) is 3. The van der Waals surface area contributed by atoms with Gasteiger partial charge < -0.3 is 15.0 Å². The van der Waals surface area contributed by atoms with Gasteiger partial charge in [-0.3, -0.25) is 10.1 Å². The van der Waals surface area contributed by atoms with Crippen LogP contribution in [-0.4, -0.2) is 42.3 Å². The lowest BCUT2D eigenvalue weighted by molar-refractivity contribution is 0.0951. The SMILES string of the molecule is COC(=O)Nc1nc2ccc(C(=O)NCCF)cc2[nH]1. The van der Waals surface area contributed by atoms with Crippen molar-refractivity contribution in [2.24, 2.45) is 0 Å². The van der Waals surface area contributed by atoms with Crippen LogP contribution in [-0.2, 0) is 4.74 Å². The quantitative estimate of drug-likeness (QED) is 0.789. The molecular formula is C12H13FN4O3. The second-order valence-electron chi connectivity index (χ2n) is 3.88. The molecule has 0 atom stereocenters. The average Bonchev–Trinajstić information content (AvgIpc) is 2.85. The number of H-pyrrole nitrogens is 1. The zero-order valence-electron chi connectivity index (χ0n) is 10.7. The number of hydrogen-bond acceptors (Lipinski definition) is 4. The fourth-order valence-corrected chi connectivity index (χ4v) is 1.62. The van der Waals surface area contributed by atoms with Crippen molar-refractivity contribution in [2.75, 3.05) is 25.6 Å². The molecule has 8 heteroatoms. The van der Waals surface area contributed by atoms with E-state index in [-0.39, 0.29) is 18.4 Å². The lowest BCUT2D eigenvalue weighted by Gasteiger charge is -2.01. The zero-order valence-corrected chi connectivity index (χ0v) is 10.7. The minimum absolute atomic E-state index is 0.0327. The first-order chi connectivity index (χ1) is 9.63. The number of aromatic amines is 1.